The molecule has 1 aliphatic rings. The number of ether oxygens (including phenoxy) is 1. The summed E-state index contributed by atoms with van der Waals surface area (Å²) in [5.74, 6) is -1.11. The third kappa shape index (κ3) is 3.01. The van der Waals surface area contributed by atoms with Crippen molar-refractivity contribution in [1.82, 2.24) is 4.90 Å². The van der Waals surface area contributed by atoms with E-state index < -0.39 is 12.1 Å². The predicted octanol–water partition coefficient (Wildman–Crippen LogP) is 1.36. The number of nitrogens with two attached hydrogens (primary N) is 1. The number of carboxylic acid groups (broad SMARTS) is 1. The van der Waals surface area contributed by atoms with Gasteiger partial charge in [-0.2, -0.15) is 0 Å². The van der Waals surface area contributed by atoms with Gasteiger partial charge in [-0.1, -0.05) is 0 Å². The normalized spacial score (nSPS) is 15.9. The van der Waals surface area contributed by atoms with Gasteiger partial charge in [0.25, 0.3) is 5.91 Å². The van der Waals surface area contributed by atoms with Gasteiger partial charge in [-0.15, -0.1) is 0 Å². The quantitative estimate of drug-likeness (QED) is 0.811. The van der Waals surface area contributed by atoms with Crippen molar-refractivity contribution in [2.75, 3.05) is 18.8 Å². The highest BCUT2D eigenvalue weighted by Gasteiger charge is 2.25. The topological polar surface area (TPSA) is 92.9 Å². The number of carboxylic acids is 1. The number of nitrogen functional groups attached to an aromatic ring is 1. The molecule has 108 valence electrons. The Kier molecular flexibility index (Phi) is 4.12. The molecule has 1 aromatic rings. The van der Waals surface area contributed by atoms with Gasteiger partial charge >= 0.3 is 5.97 Å². The van der Waals surface area contributed by atoms with E-state index in [0.717, 1.165) is 25.9 Å². The van der Waals surface area contributed by atoms with Crippen molar-refractivity contribution >= 4 is 17.6 Å². The van der Waals surface area contributed by atoms with Crippen LogP contribution in [0.2, 0.25) is 0 Å². The zero-order valence-corrected chi connectivity index (χ0v) is 11.3. The van der Waals surface area contributed by atoms with Crippen molar-refractivity contribution in [3.63, 3.8) is 0 Å². The van der Waals surface area contributed by atoms with Crippen molar-refractivity contribution in [2.45, 2.75) is 25.9 Å². The molecule has 1 heterocycles. The summed E-state index contributed by atoms with van der Waals surface area (Å²) in [6.07, 6.45) is 1.27. The van der Waals surface area contributed by atoms with Crippen molar-refractivity contribution in [1.29, 1.82) is 0 Å². The monoisotopic (exact) mass is 278 g/mol. The fraction of sp³-hybridized carbons (Fsp3) is 0.429. The molecule has 1 amide bonds. The summed E-state index contributed by atoms with van der Waals surface area (Å²) in [7, 11) is 0. The lowest BCUT2D eigenvalue weighted by Crippen LogP contribution is -2.38. The second-order valence-electron chi connectivity index (χ2n) is 4.85. The first kappa shape index (κ1) is 14.2. The number of hydrogen-bond acceptors (Lipinski definition) is 4. The molecule has 1 aromatic carbocycles. The Morgan fingerprint density at radius 3 is 2.60 bits per heavy atom. The Hall–Kier alpha value is -2.24. The molecule has 1 fully saturated rings. The second kappa shape index (κ2) is 5.81. The first-order valence-electron chi connectivity index (χ1n) is 6.57. The highest BCUT2D eigenvalue weighted by Crippen LogP contribution is 2.24. The van der Waals surface area contributed by atoms with Gasteiger partial charge in [0.05, 0.1) is 0 Å². The van der Waals surface area contributed by atoms with Crippen molar-refractivity contribution in [2.24, 2.45) is 0 Å². The van der Waals surface area contributed by atoms with Crippen molar-refractivity contribution in [3.8, 4) is 5.75 Å². The van der Waals surface area contributed by atoms with Crippen LogP contribution in [0.1, 0.15) is 30.1 Å². The van der Waals surface area contributed by atoms with Gasteiger partial charge in [0.2, 0.25) is 0 Å². The summed E-state index contributed by atoms with van der Waals surface area (Å²) in [6.45, 7) is 3.08. The summed E-state index contributed by atoms with van der Waals surface area (Å²) in [5.41, 5.74) is 6.03. The number of benzene rings is 1. The molecule has 0 aromatic heterocycles. The van der Waals surface area contributed by atoms with E-state index in [2.05, 4.69) is 0 Å². The largest absolute Gasteiger partial charge is 0.480 e. The molecule has 0 spiro atoms. The molecule has 6 nitrogen and oxygen atoms in total. The average molecular weight is 278 g/mol. The summed E-state index contributed by atoms with van der Waals surface area (Å²) in [4.78, 5) is 25.0. The van der Waals surface area contributed by atoms with Crippen LogP contribution < -0.4 is 10.5 Å². The summed E-state index contributed by atoms with van der Waals surface area (Å²) >= 11 is 0. The Morgan fingerprint density at radius 2 is 2.00 bits per heavy atom. The predicted molar refractivity (Wildman–Crippen MR) is 73.7 cm³/mol. The minimum atomic E-state index is -1.11. The van der Waals surface area contributed by atoms with E-state index in [4.69, 9.17) is 15.6 Å². The first-order valence-corrected chi connectivity index (χ1v) is 6.57. The van der Waals surface area contributed by atoms with Gasteiger partial charge in [-0.25, -0.2) is 4.79 Å². The van der Waals surface area contributed by atoms with E-state index >= 15 is 0 Å². The highest BCUT2D eigenvalue weighted by atomic mass is 16.5. The summed E-state index contributed by atoms with van der Waals surface area (Å²) in [6, 6.07) is 4.29. The van der Waals surface area contributed by atoms with Crippen LogP contribution in [0.3, 0.4) is 0 Å². The number of likely N-dealkylation sites (tertiary alicyclic amines) is 1. The zero-order valence-electron chi connectivity index (χ0n) is 11.3. The maximum atomic E-state index is 12.1. The van der Waals surface area contributed by atoms with Crippen LogP contribution in [0, 0.1) is 0 Å². The standard InChI is InChI=1S/C14H18N2O4/c1-9(13(17)16-6-2-3-7-16)20-12-8-10(15)4-5-11(12)14(18)19/h4-5,8-9H,2-3,6-7,15H2,1H3,(H,18,19). The molecule has 0 aliphatic carbocycles. The molecule has 1 atom stereocenters. The van der Waals surface area contributed by atoms with Gasteiger partial charge in [0, 0.05) is 24.8 Å². The van der Waals surface area contributed by atoms with Crippen molar-refractivity contribution in [3.05, 3.63) is 23.8 Å². The van der Waals surface area contributed by atoms with Crippen LogP contribution in [-0.2, 0) is 4.79 Å². The average Bonchev–Trinajstić information content (AvgIpc) is 2.91. The third-order valence-electron chi connectivity index (χ3n) is 3.31. The Balaban J connectivity index is 2.14. The number of nitrogens with zero attached hydrogens (tertiary/aromatic N) is 1. The maximum Gasteiger partial charge on any atom is 0.339 e. The number of carbonyl (C=O) groups excluding carboxylic acids is 1. The SMILES string of the molecule is CC(Oc1cc(N)ccc1C(=O)O)C(=O)N1CCCC1. The van der Waals surface area contributed by atoms with Gasteiger partial charge in [-0.3, -0.25) is 4.79 Å². The third-order valence-corrected chi connectivity index (χ3v) is 3.31. The molecule has 0 bridgehead atoms. The van der Waals surface area contributed by atoms with Gasteiger partial charge in [-0.05, 0) is 31.9 Å². The molecule has 0 saturated carbocycles. The molecule has 1 unspecified atom stereocenters. The highest BCUT2D eigenvalue weighted by molar-refractivity contribution is 5.92. The zero-order chi connectivity index (χ0) is 14.7. The smallest absolute Gasteiger partial charge is 0.339 e. The van der Waals surface area contributed by atoms with Crippen LogP contribution in [0.4, 0.5) is 5.69 Å². The van der Waals surface area contributed by atoms with E-state index in [0.29, 0.717) is 5.69 Å². The fourth-order valence-electron chi connectivity index (χ4n) is 2.25. The van der Waals surface area contributed by atoms with Crippen LogP contribution in [0.25, 0.3) is 0 Å². The molecule has 1 saturated heterocycles. The lowest BCUT2D eigenvalue weighted by atomic mass is 10.2. The second-order valence-corrected chi connectivity index (χ2v) is 4.85. The Labute approximate surface area is 117 Å². The van der Waals surface area contributed by atoms with E-state index in [9.17, 15) is 9.59 Å². The molecule has 1 aliphatic heterocycles. The van der Waals surface area contributed by atoms with Crippen LogP contribution in [0.5, 0.6) is 5.75 Å². The van der Waals surface area contributed by atoms with Crippen molar-refractivity contribution < 1.29 is 19.4 Å². The van der Waals surface area contributed by atoms with Gasteiger partial charge < -0.3 is 20.5 Å². The number of rotatable bonds is 4. The first-order chi connectivity index (χ1) is 9.49. The minimum absolute atomic E-state index is 0.000252. The Bertz CT molecular complexity index is 524. The molecule has 6 heteroatoms. The lowest BCUT2D eigenvalue weighted by molar-refractivity contribution is -0.136. The molecular formula is C14H18N2O4. The molecule has 3 N–H and O–H groups in total. The maximum absolute atomic E-state index is 12.1. The lowest BCUT2D eigenvalue weighted by Gasteiger charge is -2.22. The molecule has 2 rings (SSSR count). The van der Waals surface area contributed by atoms with Gasteiger partial charge in [0.15, 0.2) is 6.10 Å². The minimum Gasteiger partial charge on any atom is -0.480 e. The number of anilines is 1. The number of hydrogen-bond donors (Lipinski definition) is 2. The molecule has 0 radical (unpaired) electrons. The van der Waals surface area contributed by atoms with E-state index in [-0.39, 0.29) is 17.2 Å². The number of amides is 1. The number of aromatic carboxylic acids is 1. The summed E-state index contributed by atoms with van der Waals surface area (Å²) < 4.78 is 5.51. The molecular weight excluding hydrogens is 260 g/mol. The van der Waals surface area contributed by atoms with Crippen LogP contribution >= 0.6 is 0 Å². The van der Waals surface area contributed by atoms with Crippen LogP contribution in [0.15, 0.2) is 18.2 Å². The van der Waals surface area contributed by atoms with Crippen LogP contribution in [-0.4, -0.2) is 41.1 Å². The van der Waals surface area contributed by atoms with E-state index in [1.54, 1.807) is 11.8 Å². The summed E-state index contributed by atoms with van der Waals surface area (Å²) in [5, 5.41) is 9.10. The van der Waals surface area contributed by atoms with Gasteiger partial charge in [0.1, 0.15) is 11.3 Å². The van der Waals surface area contributed by atoms with E-state index in [1.165, 1.54) is 18.2 Å². The number of carbonyl (C=O) groups is 2. The molecule has 20 heavy (non-hydrogen) atoms. The Morgan fingerprint density at radius 1 is 1.35 bits per heavy atom. The van der Waals surface area contributed by atoms with E-state index in [1.807, 2.05) is 0 Å². The fourth-order valence-corrected chi connectivity index (χ4v) is 2.25.